The summed E-state index contributed by atoms with van der Waals surface area (Å²) in [6.45, 7) is 3.52. The lowest BCUT2D eigenvalue weighted by Gasteiger charge is -2.27. The molecule has 0 saturated carbocycles. The van der Waals surface area contributed by atoms with Crippen molar-refractivity contribution in [2.24, 2.45) is 5.92 Å². The number of hydrogen-bond donors (Lipinski definition) is 3. The summed E-state index contributed by atoms with van der Waals surface area (Å²) in [5, 5.41) is 8.91. The topological polar surface area (TPSA) is 70.2 Å². The van der Waals surface area contributed by atoms with E-state index in [1.165, 1.54) is 0 Å². The third-order valence-electron chi connectivity index (χ3n) is 3.90. The molecule has 2 rings (SSSR count). The predicted octanol–water partition coefficient (Wildman–Crippen LogP) is 1.05. The molecular formula is C16H23N3O2. The van der Waals surface area contributed by atoms with Crippen molar-refractivity contribution in [2.45, 2.75) is 32.4 Å². The molecule has 1 heterocycles. The first-order valence-corrected chi connectivity index (χ1v) is 7.42. The standard InChI is InChI=1S/C16H23N3O2/c1-11-9-14(7-8-18-11)16(21)19-10-12-3-5-13(6-4-12)15(20)17-2/h3-6,11,14,18H,7-10H2,1-2H3,(H,17,20)(H,19,21). The second-order valence-corrected chi connectivity index (χ2v) is 5.57. The van der Waals surface area contributed by atoms with Crippen LogP contribution in [0.4, 0.5) is 0 Å². The minimum Gasteiger partial charge on any atom is -0.355 e. The van der Waals surface area contributed by atoms with Crippen molar-refractivity contribution in [3.63, 3.8) is 0 Å². The minimum atomic E-state index is -0.103. The zero-order valence-electron chi connectivity index (χ0n) is 12.6. The van der Waals surface area contributed by atoms with Gasteiger partial charge in [0, 0.05) is 31.1 Å². The van der Waals surface area contributed by atoms with E-state index in [1.54, 1.807) is 19.2 Å². The lowest BCUT2D eigenvalue weighted by molar-refractivity contribution is -0.126. The third-order valence-corrected chi connectivity index (χ3v) is 3.90. The normalized spacial score (nSPS) is 21.6. The van der Waals surface area contributed by atoms with Gasteiger partial charge in [0.2, 0.25) is 5.91 Å². The van der Waals surface area contributed by atoms with Gasteiger partial charge in [0.1, 0.15) is 0 Å². The van der Waals surface area contributed by atoms with Crippen molar-refractivity contribution in [1.29, 1.82) is 0 Å². The average molecular weight is 289 g/mol. The molecule has 0 bridgehead atoms. The molecule has 0 aromatic heterocycles. The Morgan fingerprint density at radius 1 is 1.29 bits per heavy atom. The maximum atomic E-state index is 12.1. The second-order valence-electron chi connectivity index (χ2n) is 5.57. The van der Waals surface area contributed by atoms with Gasteiger partial charge in [-0.2, -0.15) is 0 Å². The van der Waals surface area contributed by atoms with Gasteiger partial charge in [-0.3, -0.25) is 9.59 Å². The highest BCUT2D eigenvalue weighted by molar-refractivity contribution is 5.93. The molecule has 1 fully saturated rings. The van der Waals surface area contributed by atoms with Crippen LogP contribution in [0.1, 0.15) is 35.7 Å². The maximum absolute atomic E-state index is 12.1. The molecule has 2 unspecified atom stereocenters. The maximum Gasteiger partial charge on any atom is 0.251 e. The highest BCUT2D eigenvalue weighted by Crippen LogP contribution is 2.16. The third kappa shape index (κ3) is 4.29. The van der Waals surface area contributed by atoms with Gasteiger partial charge in [0.05, 0.1) is 0 Å². The molecule has 2 amide bonds. The summed E-state index contributed by atoms with van der Waals surface area (Å²) in [5.74, 6) is 0.124. The van der Waals surface area contributed by atoms with E-state index in [2.05, 4.69) is 22.9 Å². The van der Waals surface area contributed by atoms with Gasteiger partial charge in [-0.05, 0) is 44.0 Å². The molecule has 1 aliphatic rings. The van der Waals surface area contributed by atoms with E-state index in [4.69, 9.17) is 0 Å². The highest BCUT2D eigenvalue weighted by Gasteiger charge is 2.24. The number of benzene rings is 1. The smallest absolute Gasteiger partial charge is 0.251 e. The zero-order chi connectivity index (χ0) is 15.2. The molecule has 1 aliphatic heterocycles. The van der Waals surface area contributed by atoms with Crippen LogP contribution in [0.3, 0.4) is 0 Å². The molecule has 5 heteroatoms. The Hall–Kier alpha value is -1.88. The van der Waals surface area contributed by atoms with Crippen LogP contribution in [0, 0.1) is 5.92 Å². The van der Waals surface area contributed by atoms with E-state index in [-0.39, 0.29) is 17.7 Å². The monoisotopic (exact) mass is 289 g/mol. The molecule has 0 aliphatic carbocycles. The largest absolute Gasteiger partial charge is 0.355 e. The fraction of sp³-hybridized carbons (Fsp3) is 0.500. The highest BCUT2D eigenvalue weighted by atomic mass is 16.2. The van der Waals surface area contributed by atoms with E-state index in [9.17, 15) is 9.59 Å². The van der Waals surface area contributed by atoms with E-state index in [0.717, 1.165) is 24.9 Å². The first kappa shape index (κ1) is 15.5. The van der Waals surface area contributed by atoms with Gasteiger partial charge in [-0.1, -0.05) is 12.1 Å². The average Bonchev–Trinajstić information content (AvgIpc) is 2.52. The Morgan fingerprint density at radius 2 is 2.00 bits per heavy atom. The lowest BCUT2D eigenvalue weighted by atomic mass is 9.92. The fourth-order valence-corrected chi connectivity index (χ4v) is 2.62. The summed E-state index contributed by atoms with van der Waals surface area (Å²) in [6, 6.07) is 7.69. The van der Waals surface area contributed by atoms with Crippen LogP contribution in [0.25, 0.3) is 0 Å². The quantitative estimate of drug-likeness (QED) is 0.776. The number of amides is 2. The van der Waals surface area contributed by atoms with Gasteiger partial charge < -0.3 is 16.0 Å². The molecule has 1 aromatic carbocycles. The van der Waals surface area contributed by atoms with E-state index in [0.29, 0.717) is 18.2 Å². The molecule has 1 saturated heterocycles. The number of hydrogen-bond acceptors (Lipinski definition) is 3. The molecule has 5 nitrogen and oxygen atoms in total. The molecule has 0 spiro atoms. The van der Waals surface area contributed by atoms with E-state index in [1.807, 2.05) is 12.1 Å². The minimum absolute atomic E-state index is 0.103. The van der Waals surface area contributed by atoms with E-state index >= 15 is 0 Å². The van der Waals surface area contributed by atoms with Crippen molar-refractivity contribution in [3.05, 3.63) is 35.4 Å². The van der Waals surface area contributed by atoms with Crippen molar-refractivity contribution in [1.82, 2.24) is 16.0 Å². The Bertz CT molecular complexity index is 499. The van der Waals surface area contributed by atoms with Crippen LogP contribution in [0.2, 0.25) is 0 Å². The molecule has 2 atom stereocenters. The van der Waals surface area contributed by atoms with Gasteiger partial charge in [-0.25, -0.2) is 0 Å². The molecule has 21 heavy (non-hydrogen) atoms. The lowest BCUT2D eigenvalue weighted by Crippen LogP contribution is -2.42. The summed E-state index contributed by atoms with van der Waals surface area (Å²) in [4.78, 5) is 23.6. The summed E-state index contributed by atoms with van der Waals surface area (Å²) in [6.07, 6.45) is 1.78. The zero-order valence-corrected chi connectivity index (χ0v) is 12.6. The van der Waals surface area contributed by atoms with Crippen LogP contribution in [-0.2, 0) is 11.3 Å². The summed E-state index contributed by atoms with van der Waals surface area (Å²) >= 11 is 0. The Morgan fingerprint density at radius 3 is 2.62 bits per heavy atom. The fourth-order valence-electron chi connectivity index (χ4n) is 2.62. The Labute approximate surface area is 125 Å². The van der Waals surface area contributed by atoms with Crippen LogP contribution >= 0.6 is 0 Å². The Kier molecular flexibility index (Phi) is 5.33. The van der Waals surface area contributed by atoms with Crippen LogP contribution in [0.15, 0.2) is 24.3 Å². The summed E-state index contributed by atoms with van der Waals surface area (Å²) in [7, 11) is 1.61. The first-order valence-electron chi connectivity index (χ1n) is 7.42. The number of piperidine rings is 1. The summed E-state index contributed by atoms with van der Waals surface area (Å²) in [5.41, 5.74) is 1.62. The number of carbonyl (C=O) groups excluding carboxylic acids is 2. The van der Waals surface area contributed by atoms with Gasteiger partial charge in [-0.15, -0.1) is 0 Å². The van der Waals surface area contributed by atoms with Gasteiger partial charge >= 0.3 is 0 Å². The van der Waals surface area contributed by atoms with E-state index < -0.39 is 0 Å². The van der Waals surface area contributed by atoms with Gasteiger partial charge in [0.25, 0.3) is 5.91 Å². The predicted molar refractivity (Wildman–Crippen MR) is 81.9 cm³/mol. The van der Waals surface area contributed by atoms with Crippen molar-refractivity contribution in [2.75, 3.05) is 13.6 Å². The Balaban J connectivity index is 1.85. The molecule has 1 aromatic rings. The van der Waals surface area contributed by atoms with Crippen LogP contribution < -0.4 is 16.0 Å². The SMILES string of the molecule is CNC(=O)c1ccc(CNC(=O)C2CCNC(C)C2)cc1. The molecular weight excluding hydrogens is 266 g/mol. The van der Waals surface area contributed by atoms with Crippen LogP contribution in [-0.4, -0.2) is 31.4 Å². The summed E-state index contributed by atoms with van der Waals surface area (Å²) < 4.78 is 0. The number of carbonyl (C=O) groups is 2. The number of nitrogens with one attached hydrogen (secondary N) is 3. The van der Waals surface area contributed by atoms with Crippen LogP contribution in [0.5, 0.6) is 0 Å². The second kappa shape index (κ2) is 7.22. The molecule has 114 valence electrons. The first-order chi connectivity index (χ1) is 10.1. The van der Waals surface area contributed by atoms with Gasteiger partial charge in [0.15, 0.2) is 0 Å². The molecule has 3 N–H and O–H groups in total. The van der Waals surface area contributed by atoms with Crippen molar-refractivity contribution < 1.29 is 9.59 Å². The van der Waals surface area contributed by atoms with Crippen molar-refractivity contribution >= 4 is 11.8 Å². The molecule has 0 radical (unpaired) electrons. The number of rotatable bonds is 4. The van der Waals surface area contributed by atoms with Crippen molar-refractivity contribution in [3.8, 4) is 0 Å².